The Morgan fingerprint density at radius 3 is 3.00 bits per heavy atom. The van der Waals surface area contributed by atoms with Gasteiger partial charge in [0, 0.05) is 24.2 Å². The first-order valence-corrected chi connectivity index (χ1v) is 6.79. The fourth-order valence-electron chi connectivity index (χ4n) is 2.03. The number of fused-ring (bicyclic) bond motifs is 1. The summed E-state index contributed by atoms with van der Waals surface area (Å²) in [5, 5.41) is 4.34. The third-order valence-corrected chi connectivity index (χ3v) is 3.32. The first-order valence-electron chi connectivity index (χ1n) is 6.79. The second-order valence-corrected chi connectivity index (χ2v) is 5.09. The number of nitrogens with two attached hydrogens (primary N) is 1. The number of ether oxygens (including phenoxy) is 1. The molecule has 0 unspecified atom stereocenters. The second kappa shape index (κ2) is 5.45. The summed E-state index contributed by atoms with van der Waals surface area (Å²) < 4.78 is 5.58. The lowest BCUT2D eigenvalue weighted by atomic mass is 10.2. The van der Waals surface area contributed by atoms with Crippen molar-refractivity contribution < 1.29 is 4.74 Å². The van der Waals surface area contributed by atoms with Gasteiger partial charge in [-0.05, 0) is 49.1 Å². The van der Waals surface area contributed by atoms with E-state index >= 15 is 0 Å². The van der Waals surface area contributed by atoms with E-state index < -0.39 is 0 Å². The number of hydrogen-bond donors (Lipinski definition) is 2. The lowest BCUT2D eigenvalue weighted by molar-refractivity contribution is 0.134. The third kappa shape index (κ3) is 3.35. The van der Waals surface area contributed by atoms with Gasteiger partial charge in [-0.15, -0.1) is 0 Å². The summed E-state index contributed by atoms with van der Waals surface area (Å²) in [6.07, 6.45) is 2.67. The zero-order valence-corrected chi connectivity index (χ0v) is 10.9. The van der Waals surface area contributed by atoms with Crippen molar-refractivity contribution in [2.24, 2.45) is 5.92 Å². The molecular weight excluding hydrogens is 238 g/mol. The topological polar surface area (TPSA) is 60.2 Å². The highest BCUT2D eigenvalue weighted by atomic mass is 16.5. The van der Waals surface area contributed by atoms with E-state index in [1.807, 2.05) is 30.3 Å². The van der Waals surface area contributed by atoms with E-state index in [0.717, 1.165) is 48.1 Å². The van der Waals surface area contributed by atoms with Gasteiger partial charge < -0.3 is 15.8 Å². The van der Waals surface area contributed by atoms with Crippen molar-refractivity contribution in [1.82, 2.24) is 4.98 Å². The molecule has 4 nitrogen and oxygen atoms in total. The van der Waals surface area contributed by atoms with Crippen LogP contribution in [0, 0.1) is 5.92 Å². The van der Waals surface area contributed by atoms with Gasteiger partial charge in [0.25, 0.3) is 0 Å². The maximum Gasteiger partial charge on any atom is 0.126 e. The van der Waals surface area contributed by atoms with Gasteiger partial charge >= 0.3 is 0 Å². The van der Waals surface area contributed by atoms with Crippen LogP contribution in [-0.2, 0) is 4.74 Å². The number of anilines is 2. The van der Waals surface area contributed by atoms with Crippen molar-refractivity contribution in [3.63, 3.8) is 0 Å². The van der Waals surface area contributed by atoms with Crippen LogP contribution >= 0.6 is 0 Å². The van der Waals surface area contributed by atoms with Crippen LogP contribution in [0.25, 0.3) is 10.9 Å². The predicted molar refractivity (Wildman–Crippen MR) is 78.2 cm³/mol. The fourth-order valence-corrected chi connectivity index (χ4v) is 2.03. The molecule has 3 rings (SSSR count). The monoisotopic (exact) mass is 257 g/mol. The molecule has 1 aliphatic rings. The molecule has 1 aliphatic carbocycles. The van der Waals surface area contributed by atoms with Crippen molar-refractivity contribution in [3.05, 3.63) is 30.3 Å². The molecule has 100 valence electrons. The van der Waals surface area contributed by atoms with Crippen LogP contribution < -0.4 is 11.1 Å². The van der Waals surface area contributed by atoms with Gasteiger partial charge in [-0.1, -0.05) is 0 Å². The molecule has 1 saturated carbocycles. The lowest BCUT2D eigenvalue weighted by Crippen LogP contribution is -2.11. The van der Waals surface area contributed by atoms with Crippen LogP contribution in [0.5, 0.6) is 0 Å². The minimum Gasteiger partial charge on any atom is -0.399 e. The molecule has 1 aromatic heterocycles. The molecule has 2 aromatic rings. The lowest BCUT2D eigenvalue weighted by Gasteiger charge is -2.07. The SMILES string of the molecule is Nc1ccc2nc(NCCOCC3CC3)ccc2c1. The Hall–Kier alpha value is -1.81. The fraction of sp³-hybridized carbons (Fsp3) is 0.400. The summed E-state index contributed by atoms with van der Waals surface area (Å²) in [6.45, 7) is 2.43. The molecule has 0 spiro atoms. The number of aromatic nitrogens is 1. The molecule has 19 heavy (non-hydrogen) atoms. The normalized spacial score (nSPS) is 14.7. The highest BCUT2D eigenvalue weighted by Gasteiger charge is 2.20. The number of nitrogen functional groups attached to an aromatic ring is 1. The maximum absolute atomic E-state index is 5.74. The standard InChI is InChI=1S/C15H19N3O/c16-13-4-5-14-12(9-13)3-6-15(18-14)17-7-8-19-10-11-1-2-11/h3-6,9,11H,1-2,7-8,10,16H2,(H,17,18). The van der Waals surface area contributed by atoms with Gasteiger partial charge in [0.05, 0.1) is 12.1 Å². The molecule has 0 amide bonds. The highest BCUT2D eigenvalue weighted by molar-refractivity contribution is 5.83. The van der Waals surface area contributed by atoms with Crippen LogP contribution in [0.2, 0.25) is 0 Å². The van der Waals surface area contributed by atoms with Crippen molar-refractivity contribution in [1.29, 1.82) is 0 Å². The largest absolute Gasteiger partial charge is 0.399 e. The van der Waals surface area contributed by atoms with E-state index in [1.54, 1.807) is 0 Å². The summed E-state index contributed by atoms with van der Waals surface area (Å²) in [7, 11) is 0. The molecule has 0 radical (unpaired) electrons. The van der Waals surface area contributed by atoms with Crippen LogP contribution in [0.4, 0.5) is 11.5 Å². The van der Waals surface area contributed by atoms with E-state index in [4.69, 9.17) is 10.5 Å². The smallest absolute Gasteiger partial charge is 0.126 e. The number of benzene rings is 1. The molecule has 4 heteroatoms. The van der Waals surface area contributed by atoms with Crippen LogP contribution in [-0.4, -0.2) is 24.7 Å². The summed E-state index contributed by atoms with van der Waals surface area (Å²) in [5.74, 6) is 1.71. The Bertz CT molecular complexity index is 566. The van der Waals surface area contributed by atoms with E-state index in [1.165, 1.54) is 12.8 Å². The molecule has 1 heterocycles. The minimum atomic E-state index is 0.734. The van der Waals surface area contributed by atoms with Crippen LogP contribution in [0.15, 0.2) is 30.3 Å². The Morgan fingerprint density at radius 2 is 2.16 bits per heavy atom. The van der Waals surface area contributed by atoms with Gasteiger partial charge in [0.15, 0.2) is 0 Å². The first kappa shape index (κ1) is 12.2. The van der Waals surface area contributed by atoms with Gasteiger partial charge in [0.1, 0.15) is 5.82 Å². The average Bonchev–Trinajstić information content (AvgIpc) is 3.22. The van der Waals surface area contributed by atoms with Gasteiger partial charge in [0.2, 0.25) is 0 Å². The Labute approximate surface area is 113 Å². The molecule has 0 saturated heterocycles. The van der Waals surface area contributed by atoms with Gasteiger partial charge in [-0.25, -0.2) is 4.98 Å². The number of nitrogens with zero attached hydrogens (tertiary/aromatic N) is 1. The molecule has 1 aromatic carbocycles. The third-order valence-electron chi connectivity index (χ3n) is 3.32. The molecule has 3 N–H and O–H groups in total. The molecule has 0 aliphatic heterocycles. The summed E-state index contributed by atoms with van der Waals surface area (Å²) in [6, 6.07) is 9.76. The van der Waals surface area contributed by atoms with Crippen molar-refractivity contribution >= 4 is 22.4 Å². The Balaban J connectivity index is 1.53. The Morgan fingerprint density at radius 1 is 1.26 bits per heavy atom. The molecular formula is C15H19N3O. The first-order chi connectivity index (χ1) is 9.31. The summed E-state index contributed by atoms with van der Waals surface area (Å²) in [4.78, 5) is 4.54. The van der Waals surface area contributed by atoms with E-state index in [9.17, 15) is 0 Å². The molecule has 1 fully saturated rings. The maximum atomic E-state index is 5.74. The highest BCUT2D eigenvalue weighted by Crippen LogP contribution is 2.28. The number of nitrogens with one attached hydrogen (secondary N) is 1. The van der Waals surface area contributed by atoms with Crippen molar-refractivity contribution in [2.75, 3.05) is 30.8 Å². The number of hydrogen-bond acceptors (Lipinski definition) is 4. The summed E-state index contributed by atoms with van der Waals surface area (Å²) >= 11 is 0. The zero-order valence-electron chi connectivity index (χ0n) is 10.9. The second-order valence-electron chi connectivity index (χ2n) is 5.09. The quantitative estimate of drug-likeness (QED) is 0.617. The van der Waals surface area contributed by atoms with Crippen LogP contribution in [0.1, 0.15) is 12.8 Å². The zero-order chi connectivity index (χ0) is 13.1. The van der Waals surface area contributed by atoms with Crippen molar-refractivity contribution in [2.45, 2.75) is 12.8 Å². The minimum absolute atomic E-state index is 0.734. The van der Waals surface area contributed by atoms with Crippen LogP contribution in [0.3, 0.4) is 0 Å². The molecule has 0 bridgehead atoms. The van der Waals surface area contributed by atoms with Crippen molar-refractivity contribution in [3.8, 4) is 0 Å². The Kier molecular flexibility index (Phi) is 3.51. The summed E-state index contributed by atoms with van der Waals surface area (Å²) in [5.41, 5.74) is 7.47. The van der Waals surface area contributed by atoms with E-state index in [0.29, 0.717) is 0 Å². The molecule has 0 atom stereocenters. The number of pyridine rings is 1. The average molecular weight is 257 g/mol. The van der Waals surface area contributed by atoms with Gasteiger partial charge in [-0.2, -0.15) is 0 Å². The number of rotatable bonds is 6. The predicted octanol–water partition coefficient (Wildman–Crippen LogP) is 2.66. The van der Waals surface area contributed by atoms with E-state index in [-0.39, 0.29) is 0 Å². The van der Waals surface area contributed by atoms with Gasteiger partial charge in [-0.3, -0.25) is 0 Å². The van der Waals surface area contributed by atoms with E-state index in [2.05, 4.69) is 10.3 Å².